The standard InChI is InChI=1S/C34H22N4O/c1-21-10-9-13-23(18-21)33-35-32(22-11-3-2-4-12-22)36-34(37-33)38-28-16-7-5-14-24(28)26-20-31-27(19-29(26)38)25-15-6-8-17-30(25)39-31/h2-20H,1H3. The Labute approximate surface area is 224 Å². The van der Waals surface area contributed by atoms with E-state index in [0.29, 0.717) is 17.6 Å². The molecule has 0 aliphatic carbocycles. The van der Waals surface area contributed by atoms with Crippen LogP contribution in [0.3, 0.4) is 0 Å². The van der Waals surface area contributed by atoms with Gasteiger partial charge < -0.3 is 4.42 Å². The summed E-state index contributed by atoms with van der Waals surface area (Å²) in [5.74, 6) is 1.86. The van der Waals surface area contributed by atoms with Gasteiger partial charge in [-0.3, -0.25) is 4.57 Å². The Kier molecular flexibility index (Phi) is 4.67. The van der Waals surface area contributed by atoms with Crippen LogP contribution in [0.4, 0.5) is 0 Å². The molecule has 0 bridgehead atoms. The molecule has 3 heterocycles. The topological polar surface area (TPSA) is 56.7 Å². The van der Waals surface area contributed by atoms with Gasteiger partial charge in [-0.1, -0.05) is 90.5 Å². The number of hydrogen-bond donors (Lipinski definition) is 0. The van der Waals surface area contributed by atoms with Crippen LogP contribution in [-0.2, 0) is 0 Å². The van der Waals surface area contributed by atoms with Gasteiger partial charge in [0.25, 0.3) is 0 Å². The van der Waals surface area contributed by atoms with E-state index in [1.54, 1.807) is 0 Å². The van der Waals surface area contributed by atoms with E-state index in [-0.39, 0.29) is 0 Å². The number of para-hydroxylation sites is 2. The van der Waals surface area contributed by atoms with Crippen LogP contribution in [-0.4, -0.2) is 19.5 Å². The van der Waals surface area contributed by atoms with Crippen LogP contribution in [0.15, 0.2) is 120 Å². The second kappa shape index (κ2) is 8.36. The molecule has 8 aromatic rings. The van der Waals surface area contributed by atoms with Gasteiger partial charge >= 0.3 is 0 Å². The fraction of sp³-hybridized carbons (Fsp3) is 0.0294. The highest BCUT2D eigenvalue weighted by Crippen LogP contribution is 2.38. The number of hydrogen-bond acceptors (Lipinski definition) is 4. The van der Waals surface area contributed by atoms with Gasteiger partial charge in [-0.2, -0.15) is 9.97 Å². The first-order chi connectivity index (χ1) is 19.2. The van der Waals surface area contributed by atoms with E-state index in [1.807, 2.05) is 60.7 Å². The predicted molar refractivity (Wildman–Crippen MR) is 157 cm³/mol. The molecule has 0 amide bonds. The van der Waals surface area contributed by atoms with Crippen LogP contribution in [0.2, 0.25) is 0 Å². The largest absolute Gasteiger partial charge is 0.456 e. The summed E-state index contributed by atoms with van der Waals surface area (Å²) >= 11 is 0. The lowest BCUT2D eigenvalue weighted by molar-refractivity contribution is 0.669. The Hall–Kier alpha value is -5.29. The third kappa shape index (κ3) is 3.44. The molecule has 0 N–H and O–H groups in total. The number of nitrogens with zero attached hydrogens (tertiary/aromatic N) is 4. The van der Waals surface area contributed by atoms with E-state index in [4.69, 9.17) is 19.4 Å². The van der Waals surface area contributed by atoms with Crippen molar-refractivity contribution in [3.8, 4) is 28.7 Å². The van der Waals surface area contributed by atoms with Gasteiger partial charge in [0.15, 0.2) is 11.6 Å². The van der Waals surface area contributed by atoms with Gasteiger partial charge in [-0.15, -0.1) is 0 Å². The maximum absolute atomic E-state index is 6.24. The van der Waals surface area contributed by atoms with Crippen LogP contribution in [0.25, 0.3) is 72.5 Å². The maximum Gasteiger partial charge on any atom is 0.238 e. The van der Waals surface area contributed by atoms with E-state index < -0.39 is 0 Å². The van der Waals surface area contributed by atoms with Crippen LogP contribution < -0.4 is 0 Å². The van der Waals surface area contributed by atoms with Gasteiger partial charge in [-0.05, 0) is 37.3 Å². The molecule has 5 aromatic carbocycles. The first kappa shape index (κ1) is 21.8. The normalized spacial score (nSPS) is 11.7. The van der Waals surface area contributed by atoms with Crippen molar-refractivity contribution in [3.63, 3.8) is 0 Å². The van der Waals surface area contributed by atoms with E-state index in [0.717, 1.165) is 60.4 Å². The average molecular weight is 503 g/mol. The van der Waals surface area contributed by atoms with Gasteiger partial charge in [0.2, 0.25) is 5.95 Å². The Morgan fingerprint density at radius 1 is 0.513 bits per heavy atom. The zero-order valence-corrected chi connectivity index (χ0v) is 21.2. The molecule has 3 aromatic heterocycles. The Balaban J connectivity index is 1.48. The maximum atomic E-state index is 6.24. The molecule has 0 saturated heterocycles. The third-order valence-corrected chi connectivity index (χ3v) is 7.30. The molecule has 39 heavy (non-hydrogen) atoms. The monoisotopic (exact) mass is 502 g/mol. The average Bonchev–Trinajstić information content (AvgIpc) is 3.51. The van der Waals surface area contributed by atoms with Gasteiger partial charge in [0.05, 0.1) is 11.0 Å². The smallest absolute Gasteiger partial charge is 0.238 e. The second-order valence-corrected chi connectivity index (χ2v) is 9.83. The Bertz CT molecular complexity index is 2190. The zero-order valence-electron chi connectivity index (χ0n) is 21.2. The minimum absolute atomic E-state index is 0.582. The van der Waals surface area contributed by atoms with Crippen molar-refractivity contribution in [1.82, 2.24) is 19.5 Å². The quantitative estimate of drug-likeness (QED) is 0.243. The van der Waals surface area contributed by atoms with Crippen LogP contribution in [0.5, 0.6) is 0 Å². The SMILES string of the molecule is Cc1cccc(-c2nc(-c3ccccc3)nc(-n3c4ccccc4c4cc5oc6ccccc6c5cc43)n2)c1. The number of fused-ring (bicyclic) bond motifs is 6. The number of aryl methyl sites for hydroxylation is 1. The summed E-state index contributed by atoms with van der Waals surface area (Å²) in [5.41, 5.74) is 6.86. The molecule has 0 aliphatic rings. The number of benzene rings is 5. The molecule has 0 fully saturated rings. The first-order valence-electron chi connectivity index (χ1n) is 13.0. The van der Waals surface area contributed by atoms with E-state index in [2.05, 4.69) is 66.1 Å². The zero-order chi connectivity index (χ0) is 25.9. The minimum atomic E-state index is 0.582. The molecular formula is C34H22N4O. The number of aromatic nitrogens is 4. The molecule has 0 spiro atoms. The van der Waals surface area contributed by atoms with Gasteiger partial charge in [-0.25, -0.2) is 4.98 Å². The van der Waals surface area contributed by atoms with Crippen LogP contribution in [0.1, 0.15) is 5.56 Å². The molecule has 0 radical (unpaired) electrons. The molecule has 5 heteroatoms. The molecule has 0 atom stereocenters. The fourth-order valence-electron chi connectivity index (χ4n) is 5.50. The summed E-state index contributed by atoms with van der Waals surface area (Å²) in [6.07, 6.45) is 0. The lowest BCUT2D eigenvalue weighted by Crippen LogP contribution is -2.06. The summed E-state index contributed by atoms with van der Waals surface area (Å²) in [6.45, 7) is 2.08. The summed E-state index contributed by atoms with van der Waals surface area (Å²) in [6, 6.07) is 39.3. The Morgan fingerprint density at radius 2 is 1.23 bits per heavy atom. The highest BCUT2D eigenvalue weighted by Gasteiger charge is 2.19. The lowest BCUT2D eigenvalue weighted by atomic mass is 10.1. The van der Waals surface area contributed by atoms with Crippen molar-refractivity contribution >= 4 is 43.7 Å². The van der Waals surface area contributed by atoms with Crippen LogP contribution in [0, 0.1) is 6.92 Å². The molecular weight excluding hydrogens is 480 g/mol. The second-order valence-electron chi connectivity index (χ2n) is 9.83. The van der Waals surface area contributed by atoms with Crippen molar-refractivity contribution in [2.75, 3.05) is 0 Å². The summed E-state index contributed by atoms with van der Waals surface area (Å²) in [4.78, 5) is 15.0. The van der Waals surface area contributed by atoms with E-state index in [1.165, 1.54) is 0 Å². The summed E-state index contributed by atoms with van der Waals surface area (Å²) < 4.78 is 8.39. The first-order valence-corrected chi connectivity index (χ1v) is 13.0. The third-order valence-electron chi connectivity index (χ3n) is 7.30. The summed E-state index contributed by atoms with van der Waals surface area (Å²) in [7, 11) is 0. The Morgan fingerprint density at radius 3 is 2.08 bits per heavy atom. The van der Waals surface area contributed by atoms with Crippen molar-refractivity contribution in [2.24, 2.45) is 0 Å². The lowest BCUT2D eigenvalue weighted by Gasteiger charge is -2.11. The van der Waals surface area contributed by atoms with Crippen molar-refractivity contribution in [1.29, 1.82) is 0 Å². The van der Waals surface area contributed by atoms with Crippen LogP contribution >= 0.6 is 0 Å². The number of rotatable bonds is 3. The molecule has 8 rings (SSSR count). The molecule has 5 nitrogen and oxygen atoms in total. The number of furan rings is 1. The highest BCUT2D eigenvalue weighted by molar-refractivity contribution is 6.16. The minimum Gasteiger partial charge on any atom is -0.456 e. The van der Waals surface area contributed by atoms with Gasteiger partial charge in [0, 0.05) is 32.7 Å². The summed E-state index contributed by atoms with van der Waals surface area (Å²) in [5, 5.41) is 4.37. The van der Waals surface area contributed by atoms with Crippen molar-refractivity contribution in [3.05, 3.63) is 121 Å². The predicted octanol–water partition coefficient (Wildman–Crippen LogP) is 8.51. The molecule has 184 valence electrons. The fourth-order valence-corrected chi connectivity index (χ4v) is 5.50. The molecule has 0 unspecified atom stereocenters. The van der Waals surface area contributed by atoms with E-state index in [9.17, 15) is 0 Å². The molecule has 0 aliphatic heterocycles. The highest BCUT2D eigenvalue weighted by atomic mass is 16.3. The van der Waals surface area contributed by atoms with E-state index >= 15 is 0 Å². The molecule has 0 saturated carbocycles. The van der Waals surface area contributed by atoms with Crippen molar-refractivity contribution < 1.29 is 4.42 Å². The van der Waals surface area contributed by atoms with Gasteiger partial charge in [0.1, 0.15) is 11.2 Å². The van der Waals surface area contributed by atoms with Crippen molar-refractivity contribution in [2.45, 2.75) is 6.92 Å².